The summed E-state index contributed by atoms with van der Waals surface area (Å²) in [5.74, 6) is 0.161. The molecule has 0 saturated heterocycles. The average Bonchev–Trinajstić information content (AvgIpc) is 3.26. The summed E-state index contributed by atoms with van der Waals surface area (Å²) in [5, 5.41) is 10.4. The van der Waals surface area contributed by atoms with Gasteiger partial charge in [0.25, 0.3) is 0 Å². The Morgan fingerprint density at radius 3 is 2.58 bits per heavy atom. The van der Waals surface area contributed by atoms with E-state index in [1.165, 1.54) is 0 Å². The number of para-hydroxylation sites is 1. The van der Waals surface area contributed by atoms with Crippen molar-refractivity contribution in [1.82, 2.24) is 15.0 Å². The summed E-state index contributed by atoms with van der Waals surface area (Å²) in [6.45, 7) is 3.37. The molecule has 33 heavy (non-hydrogen) atoms. The van der Waals surface area contributed by atoms with E-state index in [-0.39, 0.29) is 12.3 Å². The molecule has 0 radical (unpaired) electrons. The SMILES string of the molecule is Cc1onc(-c2ccccc2Cl)c1NC(=O)NCCS(=O)(=O)c1c(C)n(C)c2ccccc12. The predicted octanol–water partition coefficient (Wildman–Crippen LogP) is 4.70. The van der Waals surface area contributed by atoms with Gasteiger partial charge in [-0.2, -0.15) is 0 Å². The summed E-state index contributed by atoms with van der Waals surface area (Å²) in [6, 6.07) is 13.8. The van der Waals surface area contributed by atoms with Crippen molar-refractivity contribution in [2.45, 2.75) is 18.7 Å². The van der Waals surface area contributed by atoms with Gasteiger partial charge in [0.15, 0.2) is 15.6 Å². The summed E-state index contributed by atoms with van der Waals surface area (Å²) < 4.78 is 33.3. The number of hydrogen-bond acceptors (Lipinski definition) is 5. The van der Waals surface area contributed by atoms with Gasteiger partial charge in [0.1, 0.15) is 11.4 Å². The molecule has 0 spiro atoms. The van der Waals surface area contributed by atoms with E-state index in [2.05, 4.69) is 15.8 Å². The molecule has 8 nitrogen and oxygen atoms in total. The minimum absolute atomic E-state index is 0.0669. The number of urea groups is 1. The van der Waals surface area contributed by atoms with Gasteiger partial charge < -0.3 is 19.7 Å². The van der Waals surface area contributed by atoms with Gasteiger partial charge in [0, 0.05) is 35.8 Å². The highest BCUT2D eigenvalue weighted by molar-refractivity contribution is 7.91. The number of nitrogens with one attached hydrogen (secondary N) is 2. The smallest absolute Gasteiger partial charge is 0.319 e. The number of sulfone groups is 1. The van der Waals surface area contributed by atoms with Crippen molar-refractivity contribution >= 4 is 44.1 Å². The van der Waals surface area contributed by atoms with Crippen LogP contribution in [0.5, 0.6) is 0 Å². The topological polar surface area (TPSA) is 106 Å². The van der Waals surface area contributed by atoms with Crippen molar-refractivity contribution in [3.05, 3.63) is 65.0 Å². The van der Waals surface area contributed by atoms with Crippen molar-refractivity contribution < 1.29 is 17.7 Å². The first-order chi connectivity index (χ1) is 15.7. The number of benzene rings is 2. The number of aryl methyl sites for hydroxylation is 2. The third kappa shape index (κ3) is 4.34. The van der Waals surface area contributed by atoms with E-state index in [9.17, 15) is 13.2 Å². The molecule has 2 heterocycles. The zero-order valence-electron chi connectivity index (χ0n) is 18.3. The van der Waals surface area contributed by atoms with Crippen LogP contribution in [0.25, 0.3) is 22.2 Å². The number of hydrogen-bond donors (Lipinski definition) is 2. The second-order valence-electron chi connectivity index (χ2n) is 7.63. The lowest BCUT2D eigenvalue weighted by molar-refractivity contribution is 0.252. The van der Waals surface area contributed by atoms with E-state index in [4.69, 9.17) is 16.1 Å². The summed E-state index contributed by atoms with van der Waals surface area (Å²) >= 11 is 6.25. The Morgan fingerprint density at radius 2 is 1.82 bits per heavy atom. The van der Waals surface area contributed by atoms with Gasteiger partial charge in [-0.05, 0) is 26.0 Å². The number of carbonyl (C=O) groups excluding carboxylic acids is 1. The molecular weight excluding hydrogens is 464 g/mol. The molecule has 4 rings (SSSR count). The second-order valence-corrected chi connectivity index (χ2v) is 10.1. The maximum atomic E-state index is 13.1. The predicted molar refractivity (Wildman–Crippen MR) is 128 cm³/mol. The average molecular weight is 487 g/mol. The monoisotopic (exact) mass is 486 g/mol. The Hall–Kier alpha value is -3.30. The van der Waals surface area contributed by atoms with Gasteiger partial charge in [-0.3, -0.25) is 0 Å². The molecule has 10 heteroatoms. The normalized spacial score (nSPS) is 11.6. The number of anilines is 1. The molecule has 172 valence electrons. The van der Waals surface area contributed by atoms with Crippen LogP contribution in [0.4, 0.5) is 10.5 Å². The molecule has 0 saturated carbocycles. The Bertz CT molecular complexity index is 1460. The highest BCUT2D eigenvalue weighted by atomic mass is 35.5. The molecule has 2 N–H and O–H groups in total. The first kappa shape index (κ1) is 22.9. The van der Waals surface area contributed by atoms with Crippen LogP contribution in [-0.2, 0) is 16.9 Å². The maximum absolute atomic E-state index is 13.1. The molecule has 4 aromatic rings. The van der Waals surface area contributed by atoms with Crippen LogP contribution in [0.15, 0.2) is 57.9 Å². The van der Waals surface area contributed by atoms with E-state index >= 15 is 0 Å². The van der Waals surface area contributed by atoms with Gasteiger partial charge >= 0.3 is 6.03 Å². The molecular formula is C23H23ClN4O4S. The third-order valence-corrected chi connectivity index (χ3v) is 7.75. The molecule has 0 fully saturated rings. The molecule has 2 aromatic heterocycles. The molecule has 2 amide bonds. The van der Waals surface area contributed by atoms with Crippen molar-refractivity contribution in [3.8, 4) is 11.3 Å². The summed E-state index contributed by atoms with van der Waals surface area (Å²) in [6.07, 6.45) is 0. The second kappa shape index (κ2) is 8.92. The Labute approximate surface area is 196 Å². The number of halogens is 1. The number of nitrogens with zero attached hydrogens (tertiary/aromatic N) is 2. The highest BCUT2D eigenvalue weighted by Gasteiger charge is 2.24. The van der Waals surface area contributed by atoms with Gasteiger partial charge in [-0.15, -0.1) is 0 Å². The number of amides is 2. The van der Waals surface area contributed by atoms with Crippen LogP contribution in [0.2, 0.25) is 5.02 Å². The van der Waals surface area contributed by atoms with Crippen LogP contribution < -0.4 is 10.6 Å². The largest absolute Gasteiger partial charge is 0.359 e. The van der Waals surface area contributed by atoms with Crippen LogP contribution in [0.1, 0.15) is 11.5 Å². The number of aromatic nitrogens is 2. The molecule has 2 aromatic carbocycles. The van der Waals surface area contributed by atoms with E-state index < -0.39 is 15.9 Å². The lowest BCUT2D eigenvalue weighted by atomic mass is 10.1. The Balaban J connectivity index is 1.47. The number of rotatable bonds is 6. The lowest BCUT2D eigenvalue weighted by Gasteiger charge is -2.10. The molecule has 0 bridgehead atoms. The Kier molecular flexibility index (Phi) is 6.18. The van der Waals surface area contributed by atoms with Crippen LogP contribution >= 0.6 is 11.6 Å². The van der Waals surface area contributed by atoms with Crippen molar-refractivity contribution in [2.24, 2.45) is 7.05 Å². The fourth-order valence-electron chi connectivity index (χ4n) is 3.79. The zero-order chi connectivity index (χ0) is 23.8. The molecule has 0 aliphatic rings. The zero-order valence-corrected chi connectivity index (χ0v) is 19.9. The quantitative estimate of drug-likeness (QED) is 0.411. The highest BCUT2D eigenvalue weighted by Crippen LogP contribution is 2.34. The van der Waals surface area contributed by atoms with Crippen molar-refractivity contribution in [2.75, 3.05) is 17.6 Å². The van der Waals surface area contributed by atoms with E-state index in [0.717, 1.165) is 5.52 Å². The fraction of sp³-hybridized carbons (Fsp3) is 0.217. The van der Waals surface area contributed by atoms with Gasteiger partial charge in [-0.25, -0.2) is 13.2 Å². The number of carbonyl (C=O) groups is 1. The first-order valence-corrected chi connectivity index (χ1v) is 12.3. The summed E-state index contributed by atoms with van der Waals surface area (Å²) in [7, 11) is -1.80. The standard InChI is InChI=1S/C23H23ClN4O4S/c1-14-22(17-9-5-7-11-19(17)28(14)3)33(30,31)13-12-25-23(29)26-20-15(2)32-27-21(20)16-8-4-6-10-18(16)24/h4-11H,12-13H2,1-3H3,(H2,25,26,29). The third-order valence-electron chi connectivity index (χ3n) is 5.54. The van der Waals surface area contributed by atoms with E-state index in [1.54, 1.807) is 44.2 Å². The first-order valence-electron chi connectivity index (χ1n) is 10.2. The van der Waals surface area contributed by atoms with Crippen LogP contribution in [-0.4, -0.2) is 36.5 Å². The Morgan fingerprint density at radius 1 is 1.12 bits per heavy atom. The minimum atomic E-state index is -3.63. The van der Waals surface area contributed by atoms with Crippen LogP contribution in [0, 0.1) is 13.8 Å². The number of fused-ring (bicyclic) bond motifs is 1. The molecule has 0 unspecified atom stereocenters. The van der Waals surface area contributed by atoms with E-state index in [0.29, 0.717) is 43.7 Å². The maximum Gasteiger partial charge on any atom is 0.319 e. The lowest BCUT2D eigenvalue weighted by Crippen LogP contribution is -2.33. The minimum Gasteiger partial charge on any atom is -0.359 e. The van der Waals surface area contributed by atoms with E-state index in [1.807, 2.05) is 29.8 Å². The van der Waals surface area contributed by atoms with Gasteiger partial charge in [0.2, 0.25) is 0 Å². The summed E-state index contributed by atoms with van der Waals surface area (Å²) in [4.78, 5) is 12.8. The van der Waals surface area contributed by atoms with Gasteiger partial charge in [0.05, 0.1) is 15.7 Å². The molecule has 0 aliphatic heterocycles. The van der Waals surface area contributed by atoms with Crippen molar-refractivity contribution in [3.63, 3.8) is 0 Å². The van der Waals surface area contributed by atoms with Gasteiger partial charge in [-0.1, -0.05) is 53.2 Å². The summed E-state index contributed by atoms with van der Waals surface area (Å²) in [5.41, 5.74) is 2.88. The van der Waals surface area contributed by atoms with Crippen molar-refractivity contribution in [1.29, 1.82) is 0 Å². The molecule has 0 aliphatic carbocycles. The van der Waals surface area contributed by atoms with Crippen LogP contribution in [0.3, 0.4) is 0 Å². The molecule has 0 atom stereocenters. The fourth-order valence-corrected chi connectivity index (χ4v) is 5.69.